The molecule has 0 saturated carbocycles. The maximum Gasteiger partial charge on any atom is 0.451 e. The quantitative estimate of drug-likeness (QED) is 0.291. The van der Waals surface area contributed by atoms with E-state index in [1.807, 2.05) is 4.90 Å². The molecule has 0 aromatic heterocycles. The van der Waals surface area contributed by atoms with E-state index < -0.39 is 18.8 Å². The molecule has 1 aromatic rings. The molecule has 9 heteroatoms. The lowest BCUT2D eigenvalue weighted by Crippen LogP contribution is -2.28. The van der Waals surface area contributed by atoms with Gasteiger partial charge in [0.25, 0.3) is 0 Å². The number of nitrogens with zero attached hydrogens (tertiary/aromatic N) is 1. The Morgan fingerprint density at radius 2 is 2.17 bits per heavy atom. The summed E-state index contributed by atoms with van der Waals surface area (Å²) >= 11 is 0. The lowest BCUT2D eigenvalue weighted by Gasteiger charge is -2.19. The Labute approximate surface area is 139 Å². The van der Waals surface area contributed by atoms with E-state index >= 15 is 0 Å². The Hall–Kier alpha value is -2.26. The topological polar surface area (TPSA) is 134 Å². The number of benzene rings is 1. The predicted octanol–water partition coefficient (Wildman–Crippen LogP) is 0.556. The van der Waals surface area contributed by atoms with Crippen molar-refractivity contribution in [1.82, 2.24) is 4.90 Å². The molecule has 0 spiro atoms. The van der Waals surface area contributed by atoms with Crippen LogP contribution in [-0.2, 0) is 6.42 Å². The molecule has 1 atom stereocenters. The fourth-order valence-electron chi connectivity index (χ4n) is 2.72. The molecule has 1 aromatic carbocycles. The van der Waals surface area contributed by atoms with E-state index in [4.69, 9.17) is 20.2 Å². The van der Waals surface area contributed by atoms with Crippen LogP contribution >= 0.6 is 0 Å². The molecule has 0 unspecified atom stereocenters. The van der Waals surface area contributed by atoms with Crippen molar-refractivity contribution in [3.05, 3.63) is 23.3 Å². The SMILES string of the molecule is CC(=N)N1CC[C@H](Oc2ccc(CCB(O)O)c(O)c2C(=O)O)C1. The van der Waals surface area contributed by atoms with E-state index in [2.05, 4.69) is 0 Å². The first-order valence-electron chi connectivity index (χ1n) is 7.70. The van der Waals surface area contributed by atoms with Gasteiger partial charge >= 0.3 is 13.1 Å². The van der Waals surface area contributed by atoms with Gasteiger partial charge in [-0.3, -0.25) is 5.41 Å². The normalized spacial score (nSPS) is 17.0. The van der Waals surface area contributed by atoms with Gasteiger partial charge in [-0.1, -0.05) is 6.07 Å². The molecule has 0 amide bonds. The highest BCUT2D eigenvalue weighted by atomic mass is 16.5. The summed E-state index contributed by atoms with van der Waals surface area (Å²) in [6.07, 6.45) is 0.527. The van der Waals surface area contributed by atoms with Crippen LogP contribution < -0.4 is 4.74 Å². The van der Waals surface area contributed by atoms with E-state index in [1.54, 1.807) is 6.92 Å². The van der Waals surface area contributed by atoms with Gasteiger partial charge in [-0.15, -0.1) is 0 Å². The number of carboxylic acids is 1. The lowest BCUT2D eigenvalue weighted by molar-refractivity contribution is 0.0685. The van der Waals surface area contributed by atoms with Gasteiger partial charge in [-0.05, 0) is 31.3 Å². The van der Waals surface area contributed by atoms with Crippen molar-refractivity contribution < 1.29 is 29.8 Å². The Morgan fingerprint density at radius 3 is 2.71 bits per heavy atom. The Balaban J connectivity index is 2.19. The van der Waals surface area contributed by atoms with E-state index in [-0.39, 0.29) is 30.2 Å². The van der Waals surface area contributed by atoms with E-state index in [0.717, 1.165) is 0 Å². The van der Waals surface area contributed by atoms with Crippen molar-refractivity contribution in [2.24, 2.45) is 0 Å². The third-order valence-corrected chi connectivity index (χ3v) is 4.02. The highest BCUT2D eigenvalue weighted by Gasteiger charge is 2.27. The van der Waals surface area contributed by atoms with Gasteiger partial charge in [0.2, 0.25) is 0 Å². The van der Waals surface area contributed by atoms with Crippen LogP contribution in [0.1, 0.15) is 29.3 Å². The second-order valence-electron chi connectivity index (χ2n) is 5.83. The molecule has 24 heavy (non-hydrogen) atoms. The number of aromatic carboxylic acids is 1. The highest BCUT2D eigenvalue weighted by molar-refractivity contribution is 6.41. The zero-order valence-corrected chi connectivity index (χ0v) is 13.4. The second kappa shape index (κ2) is 7.54. The van der Waals surface area contributed by atoms with Crippen LogP contribution in [-0.4, -0.2) is 63.3 Å². The van der Waals surface area contributed by atoms with Gasteiger partial charge in [0.1, 0.15) is 23.2 Å². The minimum Gasteiger partial charge on any atom is -0.507 e. The molecular weight excluding hydrogens is 315 g/mol. The van der Waals surface area contributed by atoms with Gasteiger partial charge in [-0.2, -0.15) is 0 Å². The fraction of sp³-hybridized carbons (Fsp3) is 0.467. The zero-order chi connectivity index (χ0) is 17.9. The van der Waals surface area contributed by atoms with Crippen molar-refractivity contribution in [3.63, 3.8) is 0 Å². The molecule has 1 heterocycles. The standard InChI is InChI=1S/C15H21BN2O6/c1-9(17)18-7-5-11(8-18)24-12-3-2-10(4-6-16(22)23)14(19)13(12)15(20)21/h2-3,11,17,19,22-23H,4-8H2,1H3,(H,20,21)/t11-/m0/s1. The van der Waals surface area contributed by atoms with Crippen molar-refractivity contribution in [2.75, 3.05) is 13.1 Å². The number of amidine groups is 1. The van der Waals surface area contributed by atoms with Crippen LogP contribution in [0.3, 0.4) is 0 Å². The van der Waals surface area contributed by atoms with Crippen molar-refractivity contribution in [1.29, 1.82) is 5.41 Å². The van der Waals surface area contributed by atoms with Crippen LogP contribution in [0.25, 0.3) is 0 Å². The number of rotatable bonds is 6. The summed E-state index contributed by atoms with van der Waals surface area (Å²) in [6, 6.07) is 3.00. The van der Waals surface area contributed by atoms with Gasteiger partial charge < -0.3 is 29.9 Å². The number of carboxylic acid groups (broad SMARTS) is 1. The molecule has 5 N–H and O–H groups in total. The fourth-order valence-corrected chi connectivity index (χ4v) is 2.72. The summed E-state index contributed by atoms with van der Waals surface area (Å²) in [6.45, 7) is 2.84. The number of phenols is 1. The number of ether oxygens (including phenoxy) is 1. The first kappa shape index (κ1) is 18.1. The van der Waals surface area contributed by atoms with Gasteiger partial charge in [0.05, 0.1) is 12.4 Å². The molecule has 130 valence electrons. The predicted molar refractivity (Wildman–Crippen MR) is 87.8 cm³/mol. The van der Waals surface area contributed by atoms with Gasteiger partial charge in [-0.25, -0.2) is 4.79 Å². The Kier molecular flexibility index (Phi) is 5.69. The average molecular weight is 336 g/mol. The maximum atomic E-state index is 11.5. The molecule has 1 fully saturated rings. The molecule has 1 saturated heterocycles. The molecule has 1 aliphatic heterocycles. The van der Waals surface area contributed by atoms with Gasteiger partial charge in [0, 0.05) is 13.0 Å². The zero-order valence-electron chi connectivity index (χ0n) is 13.4. The minimum atomic E-state index is -1.53. The first-order valence-corrected chi connectivity index (χ1v) is 7.70. The van der Waals surface area contributed by atoms with Crippen molar-refractivity contribution in [3.8, 4) is 11.5 Å². The van der Waals surface area contributed by atoms with Gasteiger partial charge in [0.15, 0.2) is 0 Å². The van der Waals surface area contributed by atoms with Crippen LogP contribution in [0.4, 0.5) is 0 Å². The maximum absolute atomic E-state index is 11.5. The molecule has 2 rings (SSSR count). The number of hydrogen-bond donors (Lipinski definition) is 5. The van der Waals surface area contributed by atoms with Crippen LogP contribution in [0.15, 0.2) is 12.1 Å². The summed E-state index contributed by atoms with van der Waals surface area (Å²) in [5.74, 6) is -1.23. The summed E-state index contributed by atoms with van der Waals surface area (Å²) in [5, 5.41) is 45.0. The van der Waals surface area contributed by atoms with Crippen molar-refractivity contribution in [2.45, 2.75) is 32.2 Å². The minimum absolute atomic E-state index is 0.0109. The number of aryl methyl sites for hydroxylation is 1. The molecular formula is C15H21BN2O6. The summed E-state index contributed by atoms with van der Waals surface area (Å²) in [5.41, 5.74) is -0.0128. The summed E-state index contributed by atoms with van der Waals surface area (Å²) in [4.78, 5) is 13.3. The molecule has 8 nitrogen and oxygen atoms in total. The lowest BCUT2D eigenvalue weighted by atomic mass is 9.82. The van der Waals surface area contributed by atoms with Crippen LogP contribution in [0, 0.1) is 5.41 Å². The molecule has 1 aliphatic rings. The summed E-state index contributed by atoms with van der Waals surface area (Å²) in [7, 11) is -1.53. The Bertz CT molecular complexity index is 637. The van der Waals surface area contributed by atoms with Crippen LogP contribution in [0.5, 0.6) is 11.5 Å². The highest BCUT2D eigenvalue weighted by Crippen LogP contribution is 2.33. The second-order valence-corrected chi connectivity index (χ2v) is 5.83. The number of aromatic hydroxyl groups is 1. The third-order valence-electron chi connectivity index (χ3n) is 4.02. The number of likely N-dealkylation sites (tertiary alicyclic amines) is 1. The number of carbonyl (C=O) groups is 1. The van der Waals surface area contributed by atoms with Crippen molar-refractivity contribution >= 4 is 18.9 Å². The Morgan fingerprint density at radius 1 is 1.46 bits per heavy atom. The molecule has 0 radical (unpaired) electrons. The van der Waals surface area contributed by atoms with Crippen LogP contribution in [0.2, 0.25) is 6.32 Å². The monoisotopic (exact) mass is 336 g/mol. The largest absolute Gasteiger partial charge is 0.507 e. The van der Waals surface area contributed by atoms with E-state index in [0.29, 0.717) is 30.9 Å². The molecule has 0 bridgehead atoms. The smallest absolute Gasteiger partial charge is 0.451 e. The first-order chi connectivity index (χ1) is 11.3. The number of nitrogens with one attached hydrogen (secondary N) is 1. The summed E-state index contributed by atoms with van der Waals surface area (Å²) < 4.78 is 5.73. The average Bonchev–Trinajstić information content (AvgIpc) is 2.94. The number of hydrogen-bond acceptors (Lipinski definition) is 6. The van der Waals surface area contributed by atoms with E-state index in [9.17, 15) is 15.0 Å². The third kappa shape index (κ3) is 4.18. The molecule has 0 aliphatic carbocycles. The van der Waals surface area contributed by atoms with E-state index in [1.165, 1.54) is 12.1 Å².